The van der Waals surface area contributed by atoms with E-state index in [1.807, 2.05) is 36.4 Å². The zero-order valence-electron chi connectivity index (χ0n) is 19.0. The number of benzene rings is 3. The minimum Gasteiger partial charge on any atom is -0.366 e. The van der Waals surface area contributed by atoms with Gasteiger partial charge in [0.15, 0.2) is 0 Å². The van der Waals surface area contributed by atoms with E-state index in [1.165, 1.54) is 24.8 Å². The number of likely N-dealkylation sites (tertiary alicyclic amines) is 1. The van der Waals surface area contributed by atoms with Gasteiger partial charge in [0.1, 0.15) is 0 Å². The molecule has 2 heterocycles. The average molecular weight is 453 g/mol. The second-order valence-electron chi connectivity index (χ2n) is 8.86. The highest BCUT2D eigenvalue weighted by molar-refractivity contribution is 6.37. The maximum atomic E-state index is 13.1. The number of piperidine rings is 1. The summed E-state index contributed by atoms with van der Waals surface area (Å²) in [6.45, 7) is 3.20. The van der Waals surface area contributed by atoms with Crippen molar-refractivity contribution in [2.45, 2.75) is 25.8 Å². The van der Waals surface area contributed by atoms with Crippen LogP contribution in [0.25, 0.3) is 11.3 Å². The Morgan fingerprint density at radius 2 is 1.71 bits per heavy atom. The predicted octanol–water partition coefficient (Wildman–Crippen LogP) is 4.70. The monoisotopic (exact) mass is 452 g/mol. The minimum absolute atomic E-state index is 0.215. The summed E-state index contributed by atoms with van der Waals surface area (Å²) in [5.41, 5.74) is 11.5. The number of amides is 2. The van der Waals surface area contributed by atoms with Gasteiger partial charge < -0.3 is 16.4 Å². The Balaban J connectivity index is 1.53. The number of anilines is 2. The third-order valence-electron chi connectivity index (χ3n) is 6.41. The van der Waals surface area contributed by atoms with Gasteiger partial charge in [0, 0.05) is 29.0 Å². The summed E-state index contributed by atoms with van der Waals surface area (Å²) in [7, 11) is 0. The van der Waals surface area contributed by atoms with Gasteiger partial charge in [-0.15, -0.1) is 0 Å². The lowest BCUT2D eigenvalue weighted by Crippen LogP contribution is -2.29. The Morgan fingerprint density at radius 3 is 2.47 bits per heavy atom. The summed E-state index contributed by atoms with van der Waals surface area (Å²) in [5, 5.41) is 6.43. The third-order valence-corrected chi connectivity index (χ3v) is 6.41. The second kappa shape index (κ2) is 9.53. The van der Waals surface area contributed by atoms with Crippen LogP contribution in [0, 0.1) is 0 Å². The predicted molar refractivity (Wildman–Crippen MR) is 136 cm³/mol. The fraction of sp³-hybridized carbons (Fsp3) is 0.214. The van der Waals surface area contributed by atoms with E-state index in [2.05, 4.69) is 33.7 Å². The van der Waals surface area contributed by atoms with Crippen LogP contribution in [0.15, 0.2) is 72.8 Å². The Bertz CT molecular complexity index is 1260. The van der Waals surface area contributed by atoms with Gasteiger partial charge in [-0.05, 0) is 61.3 Å². The number of carbonyl (C=O) groups excluding carboxylic acids is 2. The van der Waals surface area contributed by atoms with Gasteiger partial charge in [0.25, 0.3) is 5.91 Å². The molecular formula is C28H28N4O2. The maximum absolute atomic E-state index is 13.1. The van der Waals surface area contributed by atoms with Crippen LogP contribution < -0.4 is 16.4 Å². The van der Waals surface area contributed by atoms with Crippen LogP contribution in [-0.4, -0.2) is 29.8 Å². The van der Waals surface area contributed by atoms with E-state index in [1.54, 1.807) is 18.2 Å². The molecule has 6 nitrogen and oxygen atoms in total. The Labute approximate surface area is 199 Å². The number of nitrogens with zero attached hydrogens (tertiary/aromatic N) is 1. The first-order chi connectivity index (χ1) is 16.6. The lowest BCUT2D eigenvalue weighted by molar-refractivity contribution is -0.110. The minimum atomic E-state index is -0.526. The molecule has 5 rings (SSSR count). The van der Waals surface area contributed by atoms with E-state index in [4.69, 9.17) is 5.73 Å². The van der Waals surface area contributed by atoms with Gasteiger partial charge in [-0.1, -0.05) is 55.0 Å². The molecule has 0 unspecified atom stereocenters. The number of hydrogen-bond acceptors (Lipinski definition) is 4. The molecule has 2 aliphatic heterocycles. The van der Waals surface area contributed by atoms with E-state index < -0.39 is 5.91 Å². The number of carbonyl (C=O) groups is 2. The van der Waals surface area contributed by atoms with Crippen molar-refractivity contribution in [1.29, 1.82) is 0 Å². The fourth-order valence-electron chi connectivity index (χ4n) is 4.73. The average Bonchev–Trinajstić information content (AvgIpc) is 3.18. The Hall–Kier alpha value is -3.90. The lowest BCUT2D eigenvalue weighted by atomic mass is 9.98. The molecule has 1 saturated heterocycles. The van der Waals surface area contributed by atoms with Crippen LogP contribution in [0.3, 0.4) is 0 Å². The summed E-state index contributed by atoms with van der Waals surface area (Å²) in [4.78, 5) is 27.2. The molecule has 2 aliphatic rings. The Kier molecular flexibility index (Phi) is 6.14. The van der Waals surface area contributed by atoms with Gasteiger partial charge >= 0.3 is 0 Å². The van der Waals surface area contributed by atoms with E-state index in [0.717, 1.165) is 42.1 Å². The second-order valence-corrected chi connectivity index (χ2v) is 8.86. The van der Waals surface area contributed by atoms with E-state index in [9.17, 15) is 9.59 Å². The molecule has 2 amide bonds. The topological polar surface area (TPSA) is 87.5 Å². The van der Waals surface area contributed by atoms with Crippen LogP contribution in [0.1, 0.15) is 46.3 Å². The van der Waals surface area contributed by atoms with Gasteiger partial charge in [0.2, 0.25) is 5.91 Å². The van der Waals surface area contributed by atoms with Crippen molar-refractivity contribution < 1.29 is 9.59 Å². The molecule has 3 aromatic carbocycles. The molecule has 4 N–H and O–H groups in total. The van der Waals surface area contributed by atoms with Gasteiger partial charge in [-0.3, -0.25) is 14.5 Å². The van der Waals surface area contributed by atoms with Crippen molar-refractivity contribution in [3.8, 4) is 0 Å². The molecule has 1 fully saturated rings. The van der Waals surface area contributed by atoms with Gasteiger partial charge in [-0.2, -0.15) is 0 Å². The fourth-order valence-corrected chi connectivity index (χ4v) is 4.73. The molecule has 6 heteroatoms. The molecule has 0 aliphatic carbocycles. The maximum Gasteiger partial charge on any atom is 0.258 e. The highest BCUT2D eigenvalue weighted by atomic mass is 16.2. The first kappa shape index (κ1) is 21.9. The standard InChI is InChI=1S/C28H28N4O2/c29-27(33)21-12-13-23-24(17-21)31-28(34)25(23)26(20-9-3-1-4-10-20)30-22-11-7-8-19(16-22)18-32-14-5-2-6-15-32/h1,3-4,7-13,16-17,30H,2,5-6,14-15,18H2,(H2,29,33)(H,31,34)/b26-25-. The van der Waals surface area contributed by atoms with Crippen molar-refractivity contribution in [3.63, 3.8) is 0 Å². The SMILES string of the molecule is NC(=O)c1ccc2c(c1)NC(=O)/C2=C(\Nc1cccc(CN2CCCCC2)c1)c1ccccc1. The number of fused-ring (bicyclic) bond motifs is 1. The summed E-state index contributed by atoms with van der Waals surface area (Å²) in [5.74, 6) is -0.742. The van der Waals surface area contributed by atoms with Crippen LogP contribution >= 0.6 is 0 Å². The molecular weight excluding hydrogens is 424 g/mol. The first-order valence-corrected chi connectivity index (χ1v) is 11.7. The lowest BCUT2D eigenvalue weighted by Gasteiger charge is -2.26. The van der Waals surface area contributed by atoms with Crippen molar-refractivity contribution >= 4 is 34.5 Å². The molecule has 3 aromatic rings. The van der Waals surface area contributed by atoms with Crippen LogP contribution in [0.2, 0.25) is 0 Å². The van der Waals surface area contributed by atoms with Gasteiger partial charge in [0.05, 0.1) is 11.3 Å². The molecule has 0 spiro atoms. The highest BCUT2D eigenvalue weighted by Crippen LogP contribution is 2.38. The molecule has 34 heavy (non-hydrogen) atoms. The zero-order chi connectivity index (χ0) is 23.5. The smallest absolute Gasteiger partial charge is 0.258 e. The third kappa shape index (κ3) is 4.58. The zero-order valence-corrected chi connectivity index (χ0v) is 19.0. The van der Waals surface area contributed by atoms with E-state index in [-0.39, 0.29) is 5.91 Å². The van der Waals surface area contributed by atoms with Crippen molar-refractivity contribution in [2.24, 2.45) is 5.73 Å². The van der Waals surface area contributed by atoms with E-state index >= 15 is 0 Å². The number of rotatable bonds is 6. The summed E-state index contributed by atoms with van der Waals surface area (Å²) in [6, 6.07) is 23.3. The normalized spacial score (nSPS) is 17.1. The molecule has 0 saturated carbocycles. The molecule has 0 aromatic heterocycles. The summed E-state index contributed by atoms with van der Waals surface area (Å²) in [6.07, 6.45) is 3.83. The quantitative estimate of drug-likeness (QED) is 0.473. The van der Waals surface area contributed by atoms with Crippen LogP contribution in [0.5, 0.6) is 0 Å². The largest absolute Gasteiger partial charge is 0.366 e. The molecule has 0 atom stereocenters. The Morgan fingerprint density at radius 1 is 0.912 bits per heavy atom. The molecule has 0 bridgehead atoms. The van der Waals surface area contributed by atoms with Crippen molar-refractivity contribution in [1.82, 2.24) is 4.90 Å². The molecule has 0 radical (unpaired) electrons. The van der Waals surface area contributed by atoms with Crippen molar-refractivity contribution in [2.75, 3.05) is 23.7 Å². The summed E-state index contributed by atoms with van der Waals surface area (Å²) < 4.78 is 0. The number of nitrogens with two attached hydrogens (primary N) is 1. The van der Waals surface area contributed by atoms with Crippen LogP contribution in [0.4, 0.5) is 11.4 Å². The number of hydrogen-bond donors (Lipinski definition) is 3. The molecule has 172 valence electrons. The van der Waals surface area contributed by atoms with Crippen molar-refractivity contribution in [3.05, 3.63) is 95.1 Å². The summed E-state index contributed by atoms with van der Waals surface area (Å²) >= 11 is 0. The van der Waals surface area contributed by atoms with E-state index in [0.29, 0.717) is 16.8 Å². The van der Waals surface area contributed by atoms with Gasteiger partial charge in [-0.25, -0.2) is 0 Å². The number of primary amides is 1. The van der Waals surface area contributed by atoms with Crippen LogP contribution in [-0.2, 0) is 11.3 Å². The number of nitrogens with one attached hydrogen (secondary N) is 2. The highest BCUT2D eigenvalue weighted by Gasteiger charge is 2.29. The first-order valence-electron chi connectivity index (χ1n) is 11.7.